The molecule has 1 unspecified atom stereocenters. The summed E-state index contributed by atoms with van der Waals surface area (Å²) >= 11 is 0. The molecule has 0 amide bonds. The molecule has 1 fully saturated rings. The van der Waals surface area contributed by atoms with E-state index in [9.17, 15) is 0 Å². The highest BCUT2D eigenvalue weighted by molar-refractivity contribution is 5.27. The van der Waals surface area contributed by atoms with Crippen LogP contribution in [0, 0.1) is 5.92 Å². The van der Waals surface area contributed by atoms with Crippen LogP contribution in [0.4, 0.5) is 0 Å². The van der Waals surface area contributed by atoms with Crippen molar-refractivity contribution in [2.24, 2.45) is 5.92 Å². The van der Waals surface area contributed by atoms with Gasteiger partial charge in [-0.2, -0.15) is 0 Å². The van der Waals surface area contributed by atoms with Crippen LogP contribution in [0.2, 0.25) is 0 Å². The lowest BCUT2D eigenvalue weighted by molar-refractivity contribution is 0.166. The van der Waals surface area contributed by atoms with Crippen LogP contribution in [0.25, 0.3) is 0 Å². The van der Waals surface area contributed by atoms with Crippen LogP contribution in [0.1, 0.15) is 25.3 Å². The number of rotatable bonds is 6. The SMILES string of the molecule is CCNCC1CCCN(Cc2ccc(OC)cc2)C1. The maximum atomic E-state index is 5.20. The van der Waals surface area contributed by atoms with Gasteiger partial charge < -0.3 is 10.1 Å². The average Bonchev–Trinajstić information content (AvgIpc) is 2.46. The van der Waals surface area contributed by atoms with Crippen LogP contribution in [-0.2, 0) is 6.54 Å². The first-order valence-electron chi connectivity index (χ1n) is 7.37. The molecule has 3 heteroatoms. The van der Waals surface area contributed by atoms with Crippen molar-refractivity contribution in [3.05, 3.63) is 29.8 Å². The Morgan fingerprint density at radius 1 is 1.32 bits per heavy atom. The highest BCUT2D eigenvalue weighted by atomic mass is 16.5. The summed E-state index contributed by atoms with van der Waals surface area (Å²) < 4.78 is 5.20. The average molecular weight is 262 g/mol. The minimum Gasteiger partial charge on any atom is -0.497 e. The number of nitrogens with zero attached hydrogens (tertiary/aromatic N) is 1. The Morgan fingerprint density at radius 3 is 2.79 bits per heavy atom. The zero-order valence-corrected chi connectivity index (χ0v) is 12.2. The number of nitrogens with one attached hydrogen (secondary N) is 1. The molecule has 1 aromatic carbocycles. The minimum absolute atomic E-state index is 0.812. The quantitative estimate of drug-likeness (QED) is 0.852. The van der Waals surface area contributed by atoms with Crippen LogP contribution in [-0.4, -0.2) is 38.2 Å². The molecule has 1 aliphatic rings. The van der Waals surface area contributed by atoms with Crippen molar-refractivity contribution >= 4 is 0 Å². The van der Waals surface area contributed by atoms with E-state index < -0.39 is 0 Å². The van der Waals surface area contributed by atoms with E-state index in [1.165, 1.54) is 31.5 Å². The Balaban J connectivity index is 1.83. The summed E-state index contributed by atoms with van der Waals surface area (Å²) in [6.07, 6.45) is 2.69. The molecule has 1 atom stereocenters. The van der Waals surface area contributed by atoms with Gasteiger partial charge in [0.25, 0.3) is 0 Å². The molecule has 1 aliphatic heterocycles. The zero-order chi connectivity index (χ0) is 13.5. The molecular weight excluding hydrogens is 236 g/mol. The van der Waals surface area contributed by atoms with Crippen LogP contribution in [0.5, 0.6) is 5.75 Å². The first kappa shape index (κ1) is 14.4. The summed E-state index contributed by atoms with van der Waals surface area (Å²) in [5.74, 6) is 1.75. The summed E-state index contributed by atoms with van der Waals surface area (Å²) in [6.45, 7) is 7.93. The van der Waals surface area contributed by atoms with E-state index in [1.54, 1.807) is 7.11 Å². The second-order valence-electron chi connectivity index (χ2n) is 5.40. The molecular formula is C16H26N2O. The van der Waals surface area contributed by atoms with Gasteiger partial charge in [-0.15, -0.1) is 0 Å². The van der Waals surface area contributed by atoms with E-state index >= 15 is 0 Å². The van der Waals surface area contributed by atoms with Gasteiger partial charge in [0.15, 0.2) is 0 Å². The lowest BCUT2D eigenvalue weighted by Gasteiger charge is -2.32. The van der Waals surface area contributed by atoms with Gasteiger partial charge in [-0.05, 0) is 56.1 Å². The molecule has 1 saturated heterocycles. The number of hydrogen-bond acceptors (Lipinski definition) is 3. The molecule has 0 radical (unpaired) electrons. The predicted molar refractivity (Wildman–Crippen MR) is 79.5 cm³/mol. The molecule has 0 aromatic heterocycles. The monoisotopic (exact) mass is 262 g/mol. The van der Waals surface area contributed by atoms with Crippen molar-refractivity contribution < 1.29 is 4.74 Å². The Labute approximate surface area is 116 Å². The fourth-order valence-electron chi connectivity index (χ4n) is 2.80. The van der Waals surface area contributed by atoms with E-state index in [0.29, 0.717) is 0 Å². The van der Waals surface area contributed by atoms with Gasteiger partial charge >= 0.3 is 0 Å². The second-order valence-corrected chi connectivity index (χ2v) is 5.40. The zero-order valence-electron chi connectivity index (χ0n) is 12.2. The van der Waals surface area contributed by atoms with Crippen LogP contribution in [0.3, 0.4) is 0 Å². The lowest BCUT2D eigenvalue weighted by Crippen LogP contribution is -2.39. The Morgan fingerprint density at radius 2 is 2.11 bits per heavy atom. The highest BCUT2D eigenvalue weighted by Crippen LogP contribution is 2.19. The normalized spacial score (nSPS) is 20.4. The van der Waals surface area contributed by atoms with Gasteiger partial charge in [0.05, 0.1) is 7.11 Å². The van der Waals surface area contributed by atoms with Gasteiger partial charge in [0.2, 0.25) is 0 Å². The predicted octanol–water partition coefficient (Wildman–Crippen LogP) is 2.52. The van der Waals surface area contributed by atoms with Crippen molar-refractivity contribution in [1.82, 2.24) is 10.2 Å². The Kier molecular flexibility index (Phi) is 5.67. The van der Waals surface area contributed by atoms with Gasteiger partial charge in [0.1, 0.15) is 5.75 Å². The lowest BCUT2D eigenvalue weighted by atomic mass is 9.97. The standard InChI is InChI=1S/C16H26N2O/c1-3-17-11-15-5-4-10-18(13-15)12-14-6-8-16(19-2)9-7-14/h6-9,15,17H,3-5,10-13H2,1-2H3. The summed E-state index contributed by atoms with van der Waals surface area (Å²) in [6, 6.07) is 8.45. The van der Waals surface area contributed by atoms with Crippen molar-refractivity contribution in [3.63, 3.8) is 0 Å². The maximum Gasteiger partial charge on any atom is 0.118 e. The smallest absolute Gasteiger partial charge is 0.118 e. The molecule has 0 bridgehead atoms. The fraction of sp³-hybridized carbons (Fsp3) is 0.625. The number of methoxy groups -OCH3 is 1. The Bertz CT molecular complexity index is 364. The summed E-state index contributed by atoms with van der Waals surface area (Å²) in [5.41, 5.74) is 1.38. The Hall–Kier alpha value is -1.06. The summed E-state index contributed by atoms with van der Waals surface area (Å²) in [7, 11) is 1.71. The first-order chi connectivity index (χ1) is 9.31. The first-order valence-corrected chi connectivity index (χ1v) is 7.37. The summed E-state index contributed by atoms with van der Waals surface area (Å²) in [5, 5.41) is 3.47. The van der Waals surface area contributed by atoms with E-state index in [-0.39, 0.29) is 0 Å². The van der Waals surface area contributed by atoms with Gasteiger partial charge in [-0.25, -0.2) is 0 Å². The molecule has 1 aromatic rings. The molecule has 1 heterocycles. The maximum absolute atomic E-state index is 5.20. The minimum atomic E-state index is 0.812. The van der Waals surface area contributed by atoms with E-state index in [4.69, 9.17) is 4.74 Å². The molecule has 0 spiro atoms. The molecule has 1 N–H and O–H groups in total. The van der Waals surface area contributed by atoms with Crippen LogP contribution >= 0.6 is 0 Å². The molecule has 106 valence electrons. The number of piperidine rings is 1. The summed E-state index contributed by atoms with van der Waals surface area (Å²) in [4.78, 5) is 2.58. The number of benzene rings is 1. The van der Waals surface area contributed by atoms with Crippen molar-refractivity contribution in [2.45, 2.75) is 26.3 Å². The molecule has 3 nitrogen and oxygen atoms in total. The van der Waals surface area contributed by atoms with E-state index in [2.05, 4.69) is 41.4 Å². The number of hydrogen-bond donors (Lipinski definition) is 1. The topological polar surface area (TPSA) is 24.5 Å². The van der Waals surface area contributed by atoms with Gasteiger partial charge in [0, 0.05) is 13.1 Å². The van der Waals surface area contributed by atoms with E-state index in [0.717, 1.165) is 31.3 Å². The van der Waals surface area contributed by atoms with Crippen LogP contribution in [0.15, 0.2) is 24.3 Å². The number of ether oxygens (including phenoxy) is 1. The molecule has 0 saturated carbocycles. The van der Waals surface area contributed by atoms with Crippen LogP contribution < -0.4 is 10.1 Å². The van der Waals surface area contributed by atoms with Crippen molar-refractivity contribution in [2.75, 3.05) is 33.3 Å². The molecule has 19 heavy (non-hydrogen) atoms. The van der Waals surface area contributed by atoms with Gasteiger partial charge in [-0.1, -0.05) is 19.1 Å². The van der Waals surface area contributed by atoms with Crippen molar-refractivity contribution in [1.29, 1.82) is 0 Å². The largest absolute Gasteiger partial charge is 0.497 e. The van der Waals surface area contributed by atoms with Gasteiger partial charge in [-0.3, -0.25) is 4.90 Å². The number of likely N-dealkylation sites (tertiary alicyclic amines) is 1. The van der Waals surface area contributed by atoms with Crippen molar-refractivity contribution in [3.8, 4) is 5.75 Å². The molecule has 2 rings (SSSR count). The third-order valence-corrected chi connectivity index (χ3v) is 3.85. The third kappa shape index (κ3) is 4.51. The molecule has 0 aliphatic carbocycles. The highest BCUT2D eigenvalue weighted by Gasteiger charge is 2.19. The third-order valence-electron chi connectivity index (χ3n) is 3.85. The second kappa shape index (κ2) is 7.51. The fourth-order valence-corrected chi connectivity index (χ4v) is 2.80. The van der Waals surface area contributed by atoms with E-state index in [1.807, 2.05) is 0 Å².